The molecule has 1 heteroatoms. The molecular formula is C19H33N. The second-order valence-electron chi connectivity index (χ2n) is 6.05. The van der Waals surface area contributed by atoms with Crippen LogP contribution in [0.2, 0.25) is 0 Å². The third-order valence-electron chi connectivity index (χ3n) is 4.58. The van der Waals surface area contributed by atoms with Crippen LogP contribution >= 0.6 is 0 Å². The zero-order valence-electron chi connectivity index (χ0n) is 14.1. The maximum absolute atomic E-state index is 3.71. The first kappa shape index (κ1) is 17.2. The molecule has 1 rings (SSSR count). The van der Waals surface area contributed by atoms with Crippen molar-refractivity contribution in [1.29, 1.82) is 0 Å². The molecule has 20 heavy (non-hydrogen) atoms. The first-order chi connectivity index (χ1) is 9.63. The monoisotopic (exact) mass is 275 g/mol. The maximum atomic E-state index is 3.71. The first-order valence-electron chi connectivity index (χ1n) is 8.43. The molecule has 1 aromatic rings. The average molecular weight is 275 g/mol. The Morgan fingerprint density at radius 2 is 1.85 bits per heavy atom. The van der Waals surface area contributed by atoms with Crippen LogP contribution in [0.5, 0.6) is 0 Å². The van der Waals surface area contributed by atoms with Crippen LogP contribution in [0.1, 0.15) is 75.6 Å². The number of benzene rings is 1. The Bertz CT molecular complexity index is 383. The lowest BCUT2D eigenvalue weighted by Gasteiger charge is -2.26. The molecular weight excluding hydrogens is 242 g/mol. The number of rotatable bonds is 9. The van der Waals surface area contributed by atoms with E-state index in [-0.39, 0.29) is 0 Å². The molecule has 0 saturated heterocycles. The summed E-state index contributed by atoms with van der Waals surface area (Å²) in [5.74, 6) is 0.846. The van der Waals surface area contributed by atoms with Crippen molar-refractivity contribution in [2.75, 3.05) is 6.54 Å². The van der Waals surface area contributed by atoms with E-state index < -0.39 is 0 Å². The molecule has 0 aromatic heterocycles. The Labute approximate surface area is 126 Å². The van der Waals surface area contributed by atoms with Crippen LogP contribution in [-0.2, 0) is 0 Å². The number of hydrogen-bond donors (Lipinski definition) is 1. The van der Waals surface area contributed by atoms with Gasteiger partial charge in [0.25, 0.3) is 0 Å². The van der Waals surface area contributed by atoms with E-state index in [2.05, 4.69) is 58.1 Å². The van der Waals surface area contributed by atoms with Crippen LogP contribution in [0.15, 0.2) is 18.2 Å². The van der Waals surface area contributed by atoms with Gasteiger partial charge in [0.15, 0.2) is 0 Å². The smallest absolute Gasteiger partial charge is 0.0325 e. The molecule has 2 unspecified atom stereocenters. The van der Waals surface area contributed by atoms with E-state index in [1.807, 2.05) is 0 Å². The van der Waals surface area contributed by atoms with E-state index in [9.17, 15) is 0 Å². The molecule has 0 radical (unpaired) electrons. The van der Waals surface area contributed by atoms with Gasteiger partial charge in [0.05, 0.1) is 0 Å². The lowest BCUT2D eigenvalue weighted by molar-refractivity contribution is 0.356. The van der Waals surface area contributed by atoms with Gasteiger partial charge in [0, 0.05) is 6.04 Å². The van der Waals surface area contributed by atoms with Gasteiger partial charge in [-0.25, -0.2) is 0 Å². The standard InChI is InChI=1S/C19H33N/c1-6-9-12-17(7-2)14-19(20-8-3)18-13-10-11-15(4)16(18)5/h10-11,13,17,19-20H,6-9,12,14H2,1-5H3. The van der Waals surface area contributed by atoms with Crippen LogP contribution in [-0.4, -0.2) is 6.54 Å². The quantitative estimate of drug-likeness (QED) is 0.622. The maximum Gasteiger partial charge on any atom is 0.0325 e. The predicted molar refractivity (Wildman–Crippen MR) is 90.3 cm³/mol. The van der Waals surface area contributed by atoms with Crippen molar-refractivity contribution in [3.63, 3.8) is 0 Å². The van der Waals surface area contributed by atoms with Crippen molar-refractivity contribution in [1.82, 2.24) is 5.32 Å². The molecule has 0 bridgehead atoms. The summed E-state index contributed by atoms with van der Waals surface area (Å²) in [5.41, 5.74) is 4.37. The van der Waals surface area contributed by atoms with Gasteiger partial charge in [-0.15, -0.1) is 0 Å². The molecule has 2 atom stereocenters. The van der Waals surface area contributed by atoms with Crippen LogP contribution in [0.3, 0.4) is 0 Å². The molecule has 1 aromatic carbocycles. The van der Waals surface area contributed by atoms with Gasteiger partial charge >= 0.3 is 0 Å². The van der Waals surface area contributed by atoms with Crippen LogP contribution in [0, 0.1) is 19.8 Å². The van der Waals surface area contributed by atoms with E-state index in [1.165, 1.54) is 48.8 Å². The third-order valence-corrected chi connectivity index (χ3v) is 4.58. The van der Waals surface area contributed by atoms with Crippen LogP contribution in [0.4, 0.5) is 0 Å². The highest BCUT2D eigenvalue weighted by Gasteiger charge is 2.18. The second kappa shape index (κ2) is 9.18. The molecule has 1 nitrogen and oxygen atoms in total. The molecule has 0 heterocycles. The highest BCUT2D eigenvalue weighted by molar-refractivity contribution is 5.35. The molecule has 0 fully saturated rings. The van der Waals surface area contributed by atoms with Gasteiger partial charge < -0.3 is 5.32 Å². The Morgan fingerprint density at radius 3 is 2.45 bits per heavy atom. The largest absolute Gasteiger partial charge is 0.310 e. The van der Waals surface area contributed by atoms with Crippen molar-refractivity contribution < 1.29 is 0 Å². The minimum absolute atomic E-state index is 0.515. The van der Waals surface area contributed by atoms with Crippen molar-refractivity contribution in [2.24, 2.45) is 5.92 Å². The molecule has 0 aliphatic carbocycles. The fraction of sp³-hybridized carbons (Fsp3) is 0.684. The molecule has 0 aliphatic heterocycles. The summed E-state index contributed by atoms with van der Waals surface area (Å²) in [6.45, 7) is 12.4. The fourth-order valence-electron chi connectivity index (χ4n) is 3.03. The highest BCUT2D eigenvalue weighted by atomic mass is 14.9. The van der Waals surface area contributed by atoms with E-state index in [4.69, 9.17) is 0 Å². The summed E-state index contributed by atoms with van der Waals surface area (Å²) >= 11 is 0. The van der Waals surface area contributed by atoms with Gasteiger partial charge in [-0.3, -0.25) is 0 Å². The van der Waals surface area contributed by atoms with Crippen molar-refractivity contribution in [3.8, 4) is 0 Å². The van der Waals surface area contributed by atoms with Crippen molar-refractivity contribution in [3.05, 3.63) is 34.9 Å². The number of unbranched alkanes of at least 4 members (excludes halogenated alkanes) is 1. The Balaban J connectivity index is 2.84. The molecule has 0 aliphatic rings. The summed E-state index contributed by atoms with van der Waals surface area (Å²) in [4.78, 5) is 0. The van der Waals surface area contributed by atoms with Crippen LogP contribution in [0.25, 0.3) is 0 Å². The minimum atomic E-state index is 0.515. The summed E-state index contributed by atoms with van der Waals surface area (Å²) in [5, 5.41) is 3.71. The normalized spacial score (nSPS) is 14.2. The Kier molecular flexibility index (Phi) is 7.91. The SMILES string of the molecule is CCCCC(CC)CC(NCC)c1cccc(C)c1C. The second-order valence-corrected chi connectivity index (χ2v) is 6.05. The van der Waals surface area contributed by atoms with Gasteiger partial charge in [0.2, 0.25) is 0 Å². The molecule has 0 amide bonds. The minimum Gasteiger partial charge on any atom is -0.310 e. The first-order valence-corrected chi connectivity index (χ1v) is 8.43. The van der Waals surface area contributed by atoms with Crippen molar-refractivity contribution in [2.45, 2.75) is 72.8 Å². The molecule has 1 N–H and O–H groups in total. The lowest BCUT2D eigenvalue weighted by Crippen LogP contribution is -2.24. The highest BCUT2D eigenvalue weighted by Crippen LogP contribution is 2.29. The number of nitrogens with one attached hydrogen (secondary N) is 1. The van der Waals surface area contributed by atoms with Gasteiger partial charge in [-0.1, -0.05) is 64.7 Å². The van der Waals surface area contributed by atoms with Gasteiger partial charge in [0.1, 0.15) is 0 Å². The van der Waals surface area contributed by atoms with Gasteiger partial charge in [-0.05, 0) is 49.4 Å². The summed E-state index contributed by atoms with van der Waals surface area (Å²) in [7, 11) is 0. The molecule has 0 saturated carbocycles. The lowest BCUT2D eigenvalue weighted by atomic mass is 9.87. The zero-order chi connectivity index (χ0) is 15.0. The van der Waals surface area contributed by atoms with E-state index in [0.717, 1.165) is 12.5 Å². The Hall–Kier alpha value is -0.820. The third kappa shape index (κ3) is 4.94. The summed E-state index contributed by atoms with van der Waals surface area (Å²) < 4.78 is 0. The number of hydrogen-bond acceptors (Lipinski definition) is 1. The Morgan fingerprint density at radius 1 is 1.10 bits per heavy atom. The van der Waals surface area contributed by atoms with E-state index in [0.29, 0.717) is 6.04 Å². The molecule has 114 valence electrons. The summed E-state index contributed by atoms with van der Waals surface area (Å²) in [6.07, 6.45) is 6.62. The van der Waals surface area contributed by atoms with Crippen LogP contribution < -0.4 is 5.32 Å². The fourth-order valence-corrected chi connectivity index (χ4v) is 3.03. The number of aryl methyl sites for hydroxylation is 1. The van der Waals surface area contributed by atoms with E-state index in [1.54, 1.807) is 0 Å². The van der Waals surface area contributed by atoms with E-state index >= 15 is 0 Å². The zero-order valence-corrected chi connectivity index (χ0v) is 14.1. The average Bonchev–Trinajstić information content (AvgIpc) is 2.45. The topological polar surface area (TPSA) is 12.0 Å². The van der Waals surface area contributed by atoms with Crippen molar-refractivity contribution >= 4 is 0 Å². The van der Waals surface area contributed by atoms with Gasteiger partial charge in [-0.2, -0.15) is 0 Å². The summed E-state index contributed by atoms with van der Waals surface area (Å²) in [6, 6.07) is 7.25. The molecule has 0 spiro atoms. The predicted octanol–water partition coefficient (Wildman–Crippen LogP) is 5.56.